The van der Waals surface area contributed by atoms with Crippen LogP contribution in [0.4, 0.5) is 11.4 Å². The minimum Gasteiger partial charge on any atom is -0.506 e. The quantitative estimate of drug-likeness (QED) is 0.593. The van der Waals surface area contributed by atoms with Crippen molar-refractivity contribution < 1.29 is 14.7 Å². The van der Waals surface area contributed by atoms with Gasteiger partial charge in [0.05, 0.1) is 21.4 Å². The van der Waals surface area contributed by atoms with E-state index in [1.54, 1.807) is 18.2 Å². The van der Waals surface area contributed by atoms with E-state index >= 15 is 0 Å². The zero-order valence-electron chi connectivity index (χ0n) is 12.8. The first-order valence-electron chi connectivity index (χ1n) is 7.10. The van der Waals surface area contributed by atoms with Gasteiger partial charge in [0.1, 0.15) is 16.5 Å². The van der Waals surface area contributed by atoms with Crippen LogP contribution >= 0.6 is 34.8 Å². The predicted molar refractivity (Wildman–Crippen MR) is 98.3 cm³/mol. The Labute approximate surface area is 158 Å². The molecule has 2 N–H and O–H groups in total. The van der Waals surface area contributed by atoms with Gasteiger partial charge in [-0.25, -0.2) is 4.90 Å². The molecule has 1 aliphatic rings. The lowest BCUT2D eigenvalue weighted by atomic mass is 10.2. The summed E-state index contributed by atoms with van der Waals surface area (Å²) in [7, 11) is 0. The predicted octanol–water partition coefficient (Wildman–Crippen LogP) is 4.44. The average Bonchev–Trinajstić information content (AvgIpc) is 2.77. The Morgan fingerprint density at radius 2 is 1.76 bits per heavy atom. The fourth-order valence-corrected chi connectivity index (χ4v) is 2.97. The summed E-state index contributed by atoms with van der Waals surface area (Å²) >= 11 is 18.1. The van der Waals surface area contributed by atoms with Gasteiger partial charge in [0.25, 0.3) is 11.8 Å². The van der Waals surface area contributed by atoms with Crippen molar-refractivity contribution in [3.8, 4) is 5.75 Å². The van der Waals surface area contributed by atoms with E-state index in [1.807, 2.05) is 6.92 Å². The van der Waals surface area contributed by atoms with Crippen LogP contribution in [0.2, 0.25) is 10.0 Å². The third-order valence-electron chi connectivity index (χ3n) is 3.61. The van der Waals surface area contributed by atoms with Crippen LogP contribution in [0.5, 0.6) is 5.75 Å². The van der Waals surface area contributed by atoms with Gasteiger partial charge in [-0.15, -0.1) is 0 Å². The first-order chi connectivity index (χ1) is 11.8. The molecule has 1 aliphatic heterocycles. The molecule has 0 aliphatic carbocycles. The highest BCUT2D eigenvalue weighted by Crippen LogP contribution is 2.38. The molecule has 3 rings (SSSR count). The van der Waals surface area contributed by atoms with Gasteiger partial charge in [0.2, 0.25) is 0 Å². The van der Waals surface area contributed by atoms with Crippen molar-refractivity contribution in [2.45, 2.75) is 6.92 Å². The number of halogens is 3. The van der Waals surface area contributed by atoms with E-state index in [-0.39, 0.29) is 37.9 Å². The normalized spacial score (nSPS) is 14.5. The molecular weight excluding hydrogens is 387 g/mol. The lowest BCUT2D eigenvalue weighted by Crippen LogP contribution is -2.32. The summed E-state index contributed by atoms with van der Waals surface area (Å²) in [5.74, 6) is -1.51. The number of phenolic OH excluding ortho intramolecular Hbond substituents is 1. The molecule has 25 heavy (non-hydrogen) atoms. The third kappa shape index (κ3) is 3.06. The largest absolute Gasteiger partial charge is 0.506 e. The number of anilines is 2. The Kier molecular flexibility index (Phi) is 4.64. The molecule has 5 nitrogen and oxygen atoms in total. The third-order valence-corrected chi connectivity index (χ3v) is 4.77. The van der Waals surface area contributed by atoms with Crippen molar-refractivity contribution >= 4 is 58.0 Å². The van der Waals surface area contributed by atoms with Gasteiger partial charge in [-0.1, -0.05) is 46.9 Å². The lowest BCUT2D eigenvalue weighted by molar-refractivity contribution is -0.120. The molecule has 1 heterocycles. The van der Waals surface area contributed by atoms with E-state index in [1.165, 1.54) is 18.2 Å². The summed E-state index contributed by atoms with van der Waals surface area (Å²) in [5.41, 5.74) is 1.09. The van der Waals surface area contributed by atoms with Gasteiger partial charge >= 0.3 is 0 Å². The van der Waals surface area contributed by atoms with Crippen LogP contribution in [0.1, 0.15) is 5.56 Å². The second kappa shape index (κ2) is 6.59. The molecule has 8 heteroatoms. The van der Waals surface area contributed by atoms with Crippen LogP contribution < -0.4 is 10.2 Å². The summed E-state index contributed by atoms with van der Waals surface area (Å²) in [6.45, 7) is 1.82. The fourth-order valence-electron chi connectivity index (χ4n) is 2.38. The zero-order chi connectivity index (χ0) is 18.3. The average molecular weight is 398 g/mol. The van der Waals surface area contributed by atoms with Gasteiger partial charge < -0.3 is 10.4 Å². The first kappa shape index (κ1) is 17.6. The highest BCUT2D eigenvalue weighted by Gasteiger charge is 2.40. The Morgan fingerprint density at radius 1 is 1.04 bits per heavy atom. The number of benzene rings is 2. The molecule has 2 aromatic rings. The maximum atomic E-state index is 12.7. The smallest absolute Gasteiger partial charge is 0.283 e. The van der Waals surface area contributed by atoms with Gasteiger partial charge in [-0.3, -0.25) is 9.59 Å². The number of rotatable bonds is 3. The van der Waals surface area contributed by atoms with E-state index in [0.717, 1.165) is 10.5 Å². The van der Waals surface area contributed by atoms with Crippen molar-refractivity contribution in [3.63, 3.8) is 0 Å². The highest BCUT2D eigenvalue weighted by molar-refractivity contribution is 6.54. The lowest BCUT2D eigenvalue weighted by Gasteiger charge is -2.17. The number of aryl methyl sites for hydroxylation is 1. The Hall–Kier alpha value is -2.21. The van der Waals surface area contributed by atoms with Crippen LogP contribution in [-0.2, 0) is 9.59 Å². The molecule has 0 fully saturated rings. The standard InChI is InChI=1S/C17H11Cl3N2O3/c1-8-5-6-12(23)10(7-8)21-15-14(20)16(24)22(17(15)25)11-4-2-3-9(18)13(11)19/h2-7,21,23H,1H3. The molecule has 0 bridgehead atoms. The second-order valence-electron chi connectivity index (χ2n) is 5.35. The number of aromatic hydroxyl groups is 1. The summed E-state index contributed by atoms with van der Waals surface area (Å²) in [4.78, 5) is 26.0. The highest BCUT2D eigenvalue weighted by atomic mass is 35.5. The molecule has 0 atom stereocenters. The van der Waals surface area contributed by atoms with Crippen LogP contribution in [-0.4, -0.2) is 16.9 Å². The maximum Gasteiger partial charge on any atom is 0.283 e. The molecule has 0 aromatic heterocycles. The van der Waals surface area contributed by atoms with Crippen molar-refractivity contribution in [1.82, 2.24) is 0 Å². The topological polar surface area (TPSA) is 69.6 Å². The first-order valence-corrected chi connectivity index (χ1v) is 8.24. The molecular formula is C17H11Cl3N2O3. The Bertz CT molecular complexity index is 941. The van der Waals surface area contributed by atoms with Crippen molar-refractivity contribution in [2.24, 2.45) is 0 Å². The summed E-state index contributed by atoms with van der Waals surface area (Å²) in [6.07, 6.45) is 0. The van der Waals surface area contributed by atoms with Crippen LogP contribution in [0.25, 0.3) is 0 Å². The summed E-state index contributed by atoms with van der Waals surface area (Å²) in [6, 6.07) is 9.39. The van der Waals surface area contributed by atoms with Gasteiger partial charge in [0.15, 0.2) is 0 Å². The number of hydrogen-bond acceptors (Lipinski definition) is 4. The molecule has 0 saturated carbocycles. The van der Waals surface area contributed by atoms with E-state index in [4.69, 9.17) is 34.8 Å². The number of carbonyl (C=O) groups is 2. The second-order valence-corrected chi connectivity index (χ2v) is 6.52. The van der Waals surface area contributed by atoms with E-state index in [9.17, 15) is 14.7 Å². The zero-order valence-corrected chi connectivity index (χ0v) is 15.1. The molecule has 0 spiro atoms. The molecule has 128 valence electrons. The van der Waals surface area contributed by atoms with Crippen LogP contribution in [0.3, 0.4) is 0 Å². The monoisotopic (exact) mass is 396 g/mol. The number of nitrogens with zero attached hydrogens (tertiary/aromatic N) is 1. The summed E-state index contributed by atoms with van der Waals surface area (Å²) in [5, 5.41) is 12.6. The number of imide groups is 1. The van der Waals surface area contributed by atoms with Crippen molar-refractivity contribution in [1.29, 1.82) is 0 Å². The molecule has 2 aromatic carbocycles. The fraction of sp³-hybridized carbons (Fsp3) is 0.0588. The van der Waals surface area contributed by atoms with Crippen LogP contribution in [0.15, 0.2) is 47.1 Å². The van der Waals surface area contributed by atoms with Gasteiger partial charge in [-0.05, 0) is 36.8 Å². The SMILES string of the molecule is Cc1ccc(O)c(NC2=C(Cl)C(=O)N(c3cccc(Cl)c3Cl)C2=O)c1. The number of nitrogens with one attached hydrogen (secondary N) is 1. The minimum absolute atomic E-state index is 0.0648. The Morgan fingerprint density at radius 3 is 2.48 bits per heavy atom. The number of amides is 2. The number of hydrogen-bond donors (Lipinski definition) is 2. The number of carbonyl (C=O) groups excluding carboxylic acids is 2. The van der Waals surface area contributed by atoms with Crippen molar-refractivity contribution in [3.05, 3.63) is 62.7 Å². The van der Waals surface area contributed by atoms with E-state index in [2.05, 4.69) is 5.32 Å². The van der Waals surface area contributed by atoms with E-state index < -0.39 is 11.8 Å². The van der Waals surface area contributed by atoms with Crippen LogP contribution in [0, 0.1) is 6.92 Å². The molecule has 0 saturated heterocycles. The molecule has 2 amide bonds. The maximum absolute atomic E-state index is 12.7. The Balaban J connectivity index is 2.00. The van der Waals surface area contributed by atoms with Gasteiger partial charge in [-0.2, -0.15) is 0 Å². The molecule has 0 radical (unpaired) electrons. The van der Waals surface area contributed by atoms with Crippen molar-refractivity contribution in [2.75, 3.05) is 10.2 Å². The minimum atomic E-state index is -0.731. The number of phenols is 1. The summed E-state index contributed by atoms with van der Waals surface area (Å²) < 4.78 is 0. The van der Waals surface area contributed by atoms with Gasteiger partial charge in [0, 0.05) is 0 Å². The molecule has 0 unspecified atom stereocenters. The van der Waals surface area contributed by atoms with E-state index in [0.29, 0.717) is 0 Å².